The second-order valence-corrected chi connectivity index (χ2v) is 7.11. The molecule has 1 atom stereocenters. The Morgan fingerprint density at radius 2 is 1.85 bits per heavy atom. The molecule has 1 aliphatic heterocycles. The smallest absolute Gasteiger partial charge is 0.228 e. The van der Waals surface area contributed by atoms with Crippen molar-refractivity contribution in [2.45, 2.75) is 25.8 Å². The Morgan fingerprint density at radius 1 is 1.19 bits per heavy atom. The maximum Gasteiger partial charge on any atom is 0.228 e. The zero-order valence-corrected chi connectivity index (χ0v) is 16.0. The zero-order valence-electron chi connectivity index (χ0n) is 16.0. The first kappa shape index (κ1) is 19.4. The molecule has 3 N–H and O–H groups in total. The first-order chi connectivity index (χ1) is 13.1. The van der Waals surface area contributed by atoms with Crippen LogP contribution < -0.4 is 15.8 Å². The highest BCUT2D eigenvalue weighted by Crippen LogP contribution is 2.32. The fraction of sp³-hybridized carbons (Fsp3) is 0.409. The quantitative estimate of drug-likeness (QED) is 0.820. The van der Waals surface area contributed by atoms with Crippen LogP contribution in [0.3, 0.4) is 0 Å². The number of rotatable bonds is 6. The Morgan fingerprint density at radius 3 is 2.48 bits per heavy atom. The van der Waals surface area contributed by atoms with Gasteiger partial charge >= 0.3 is 0 Å². The summed E-state index contributed by atoms with van der Waals surface area (Å²) in [5.41, 5.74) is 8.61. The number of nitrogens with two attached hydrogens (primary N) is 1. The summed E-state index contributed by atoms with van der Waals surface area (Å²) in [5.74, 6) is 0.866. The lowest BCUT2D eigenvalue weighted by atomic mass is 9.79. The van der Waals surface area contributed by atoms with E-state index in [1.54, 1.807) is 7.11 Å². The number of ether oxygens (including phenoxy) is 2. The van der Waals surface area contributed by atoms with Crippen molar-refractivity contribution in [3.63, 3.8) is 0 Å². The fourth-order valence-corrected chi connectivity index (χ4v) is 3.55. The molecule has 0 aromatic heterocycles. The molecule has 1 fully saturated rings. The third kappa shape index (κ3) is 4.15. The van der Waals surface area contributed by atoms with E-state index in [4.69, 9.17) is 15.2 Å². The number of hydrogen-bond acceptors (Lipinski definition) is 4. The zero-order chi connectivity index (χ0) is 19.3. The van der Waals surface area contributed by atoms with E-state index in [2.05, 4.69) is 17.4 Å². The Bertz CT molecular complexity index is 767. The Balaban J connectivity index is 1.72. The lowest BCUT2D eigenvalue weighted by Crippen LogP contribution is -2.49. The fourth-order valence-electron chi connectivity index (χ4n) is 3.55. The molecule has 0 spiro atoms. The summed E-state index contributed by atoms with van der Waals surface area (Å²) >= 11 is 0. The van der Waals surface area contributed by atoms with E-state index < -0.39 is 5.41 Å². The molecule has 1 amide bonds. The summed E-state index contributed by atoms with van der Waals surface area (Å²) < 4.78 is 10.8. The minimum absolute atomic E-state index is 0.0228. The van der Waals surface area contributed by atoms with E-state index in [1.807, 2.05) is 43.3 Å². The van der Waals surface area contributed by atoms with Crippen LogP contribution in [-0.2, 0) is 9.53 Å². The molecule has 2 aromatic rings. The van der Waals surface area contributed by atoms with Crippen molar-refractivity contribution in [2.24, 2.45) is 11.1 Å². The molecule has 5 heteroatoms. The molecule has 0 aliphatic carbocycles. The van der Waals surface area contributed by atoms with E-state index in [-0.39, 0.29) is 11.9 Å². The predicted molar refractivity (Wildman–Crippen MR) is 107 cm³/mol. The minimum atomic E-state index is -0.510. The highest BCUT2D eigenvalue weighted by molar-refractivity contribution is 5.83. The van der Waals surface area contributed by atoms with Crippen LogP contribution in [0.5, 0.6) is 5.75 Å². The summed E-state index contributed by atoms with van der Waals surface area (Å²) in [5, 5.41) is 3.14. The van der Waals surface area contributed by atoms with Gasteiger partial charge in [0.25, 0.3) is 0 Å². The van der Waals surface area contributed by atoms with Crippen LogP contribution in [0, 0.1) is 5.41 Å². The van der Waals surface area contributed by atoms with Gasteiger partial charge in [-0.1, -0.05) is 42.5 Å². The van der Waals surface area contributed by atoms with E-state index >= 15 is 0 Å². The molecule has 1 heterocycles. The van der Waals surface area contributed by atoms with Crippen LogP contribution in [0.15, 0.2) is 48.5 Å². The Kier molecular flexibility index (Phi) is 6.14. The molecule has 0 saturated carbocycles. The number of nitrogens with one attached hydrogen (secondary N) is 1. The number of benzene rings is 2. The van der Waals surface area contributed by atoms with Gasteiger partial charge in [0, 0.05) is 25.3 Å². The summed E-state index contributed by atoms with van der Waals surface area (Å²) in [6.45, 7) is 3.53. The lowest BCUT2D eigenvalue weighted by Gasteiger charge is -2.35. The summed E-state index contributed by atoms with van der Waals surface area (Å²) in [6, 6.07) is 16.1. The molecule has 144 valence electrons. The van der Waals surface area contributed by atoms with Gasteiger partial charge in [0.2, 0.25) is 5.91 Å². The SMILES string of the molecule is COc1ccccc1-c1ccc(C(C)NC(=O)C2(CN)CCOCC2)cc1. The monoisotopic (exact) mass is 368 g/mol. The molecule has 3 rings (SSSR count). The van der Waals surface area contributed by atoms with Crippen LogP contribution in [-0.4, -0.2) is 32.8 Å². The average Bonchev–Trinajstić information content (AvgIpc) is 2.74. The average molecular weight is 368 g/mol. The second-order valence-electron chi connectivity index (χ2n) is 7.11. The number of carbonyl (C=O) groups is 1. The van der Waals surface area contributed by atoms with Gasteiger partial charge in [0.15, 0.2) is 0 Å². The summed E-state index contributed by atoms with van der Waals surface area (Å²) in [4.78, 5) is 12.8. The molecular formula is C22H28N2O3. The lowest BCUT2D eigenvalue weighted by molar-refractivity contribution is -0.136. The van der Waals surface area contributed by atoms with Gasteiger partial charge in [0.05, 0.1) is 18.6 Å². The van der Waals surface area contributed by atoms with Crippen LogP contribution in [0.2, 0.25) is 0 Å². The molecule has 1 saturated heterocycles. The normalized spacial score (nSPS) is 17.1. The van der Waals surface area contributed by atoms with Crippen molar-refractivity contribution >= 4 is 5.91 Å². The van der Waals surface area contributed by atoms with Gasteiger partial charge in [-0.2, -0.15) is 0 Å². The van der Waals surface area contributed by atoms with Crippen molar-refractivity contribution in [3.05, 3.63) is 54.1 Å². The van der Waals surface area contributed by atoms with Crippen LogP contribution in [0.25, 0.3) is 11.1 Å². The number of carbonyl (C=O) groups excluding carboxylic acids is 1. The van der Waals surface area contributed by atoms with Crippen LogP contribution >= 0.6 is 0 Å². The Labute approximate surface area is 160 Å². The minimum Gasteiger partial charge on any atom is -0.496 e. The summed E-state index contributed by atoms with van der Waals surface area (Å²) in [7, 11) is 1.67. The van der Waals surface area contributed by atoms with E-state index in [0.29, 0.717) is 32.6 Å². The first-order valence-corrected chi connectivity index (χ1v) is 9.42. The maximum absolute atomic E-state index is 12.8. The summed E-state index contributed by atoms with van der Waals surface area (Å²) in [6.07, 6.45) is 1.35. The largest absolute Gasteiger partial charge is 0.496 e. The molecule has 0 radical (unpaired) electrons. The predicted octanol–water partition coefficient (Wildman–Crippen LogP) is 3.29. The Hall–Kier alpha value is -2.37. The maximum atomic E-state index is 12.8. The van der Waals surface area contributed by atoms with Crippen molar-refractivity contribution in [1.29, 1.82) is 0 Å². The number of methoxy groups -OCH3 is 1. The number of amides is 1. The molecule has 1 unspecified atom stereocenters. The van der Waals surface area contributed by atoms with Crippen molar-refractivity contribution in [2.75, 3.05) is 26.9 Å². The number of para-hydroxylation sites is 1. The van der Waals surface area contributed by atoms with Crippen LogP contribution in [0.4, 0.5) is 0 Å². The third-order valence-electron chi connectivity index (χ3n) is 5.50. The van der Waals surface area contributed by atoms with Crippen molar-refractivity contribution < 1.29 is 14.3 Å². The van der Waals surface area contributed by atoms with Crippen molar-refractivity contribution in [1.82, 2.24) is 5.32 Å². The van der Waals surface area contributed by atoms with E-state index in [0.717, 1.165) is 22.4 Å². The topological polar surface area (TPSA) is 73.6 Å². The molecule has 2 aromatic carbocycles. The van der Waals surface area contributed by atoms with Gasteiger partial charge in [-0.25, -0.2) is 0 Å². The molecule has 5 nitrogen and oxygen atoms in total. The molecule has 27 heavy (non-hydrogen) atoms. The van der Waals surface area contributed by atoms with Crippen molar-refractivity contribution in [3.8, 4) is 16.9 Å². The highest BCUT2D eigenvalue weighted by Gasteiger charge is 2.39. The van der Waals surface area contributed by atoms with Crippen LogP contribution in [0.1, 0.15) is 31.4 Å². The van der Waals surface area contributed by atoms with E-state index in [1.165, 1.54) is 0 Å². The van der Waals surface area contributed by atoms with Gasteiger partial charge in [0.1, 0.15) is 5.75 Å². The first-order valence-electron chi connectivity index (χ1n) is 9.42. The van der Waals surface area contributed by atoms with E-state index in [9.17, 15) is 4.79 Å². The van der Waals surface area contributed by atoms with Gasteiger partial charge < -0.3 is 20.5 Å². The molecule has 1 aliphatic rings. The van der Waals surface area contributed by atoms with Gasteiger partial charge in [-0.05, 0) is 37.0 Å². The standard InChI is InChI=1S/C22H28N2O3/c1-16(24-21(25)22(15-23)11-13-27-14-12-22)17-7-9-18(10-8-17)19-5-3-4-6-20(19)26-2/h3-10,16H,11-15,23H2,1-2H3,(H,24,25). The third-order valence-corrected chi connectivity index (χ3v) is 5.50. The second kappa shape index (κ2) is 8.55. The number of hydrogen-bond donors (Lipinski definition) is 2. The van der Waals surface area contributed by atoms with Gasteiger partial charge in [-0.15, -0.1) is 0 Å². The molecular weight excluding hydrogens is 340 g/mol. The molecule has 0 bridgehead atoms. The van der Waals surface area contributed by atoms with Gasteiger partial charge in [-0.3, -0.25) is 4.79 Å². The highest BCUT2D eigenvalue weighted by atomic mass is 16.5.